The highest BCUT2D eigenvalue weighted by Gasteiger charge is 2.20. The maximum Gasteiger partial charge on any atom is 0.251 e. The highest BCUT2D eigenvalue weighted by atomic mass is 16.5. The van der Waals surface area contributed by atoms with Crippen LogP contribution in [0.25, 0.3) is 11.0 Å². The van der Waals surface area contributed by atoms with Crippen LogP contribution < -0.4 is 14.8 Å². The van der Waals surface area contributed by atoms with Crippen LogP contribution in [0, 0.1) is 0 Å². The highest BCUT2D eigenvalue weighted by molar-refractivity contribution is 5.95. The molecule has 4 rings (SSSR count). The van der Waals surface area contributed by atoms with Gasteiger partial charge in [0, 0.05) is 18.7 Å². The van der Waals surface area contributed by atoms with Gasteiger partial charge in [0.2, 0.25) is 5.91 Å². The molecule has 0 unspecified atom stereocenters. The summed E-state index contributed by atoms with van der Waals surface area (Å²) in [4.78, 5) is 32.5. The molecule has 3 aromatic rings. The Kier molecular flexibility index (Phi) is 7.12. The zero-order chi connectivity index (χ0) is 23.2. The Morgan fingerprint density at radius 2 is 1.70 bits per heavy atom. The van der Waals surface area contributed by atoms with Crippen molar-refractivity contribution in [3.63, 3.8) is 0 Å². The molecule has 174 valence electrons. The third-order valence-corrected chi connectivity index (χ3v) is 6.04. The molecule has 8 nitrogen and oxygen atoms in total. The molecule has 1 fully saturated rings. The SMILES string of the molecule is COc1ccc(C(=O)NCc2nc3ccccc3n2CC(=O)N2CCCCCC2)cc1OC. The topological polar surface area (TPSA) is 85.7 Å². The van der Waals surface area contributed by atoms with E-state index in [2.05, 4.69) is 10.3 Å². The standard InChI is InChI=1S/C25H30N4O4/c1-32-21-12-11-18(15-22(21)33-2)25(31)26-16-23-27-19-9-5-6-10-20(19)29(23)17-24(30)28-13-7-3-4-8-14-28/h5-6,9-12,15H,3-4,7-8,13-14,16-17H2,1-2H3,(H,26,31). The Labute approximate surface area is 193 Å². The second-order valence-corrected chi connectivity index (χ2v) is 8.15. The molecule has 1 N–H and O–H groups in total. The van der Waals surface area contributed by atoms with Crippen LogP contribution in [0.1, 0.15) is 41.9 Å². The first-order valence-electron chi connectivity index (χ1n) is 11.3. The largest absolute Gasteiger partial charge is 0.493 e. The summed E-state index contributed by atoms with van der Waals surface area (Å²) in [5.41, 5.74) is 2.14. The smallest absolute Gasteiger partial charge is 0.251 e. The van der Waals surface area contributed by atoms with Gasteiger partial charge in [-0.05, 0) is 43.2 Å². The van der Waals surface area contributed by atoms with Gasteiger partial charge in [0.05, 0.1) is 31.8 Å². The summed E-state index contributed by atoms with van der Waals surface area (Å²) in [7, 11) is 3.08. The van der Waals surface area contributed by atoms with Gasteiger partial charge in [-0.15, -0.1) is 0 Å². The second-order valence-electron chi connectivity index (χ2n) is 8.15. The van der Waals surface area contributed by atoms with E-state index in [9.17, 15) is 9.59 Å². The van der Waals surface area contributed by atoms with Crippen LogP contribution in [-0.4, -0.2) is 53.6 Å². The minimum atomic E-state index is -0.256. The van der Waals surface area contributed by atoms with Crippen molar-refractivity contribution in [1.82, 2.24) is 19.8 Å². The third-order valence-electron chi connectivity index (χ3n) is 6.04. The summed E-state index contributed by atoms with van der Waals surface area (Å²) >= 11 is 0. The summed E-state index contributed by atoms with van der Waals surface area (Å²) in [6, 6.07) is 12.7. The highest BCUT2D eigenvalue weighted by Crippen LogP contribution is 2.27. The number of para-hydroxylation sites is 2. The zero-order valence-corrected chi connectivity index (χ0v) is 19.2. The van der Waals surface area contributed by atoms with Crippen molar-refractivity contribution in [2.24, 2.45) is 0 Å². The maximum absolute atomic E-state index is 13.1. The van der Waals surface area contributed by atoms with Crippen LogP contribution in [0.4, 0.5) is 0 Å². The number of carbonyl (C=O) groups is 2. The zero-order valence-electron chi connectivity index (χ0n) is 19.2. The normalized spacial score (nSPS) is 14.1. The van der Waals surface area contributed by atoms with E-state index in [1.54, 1.807) is 25.3 Å². The number of nitrogens with zero attached hydrogens (tertiary/aromatic N) is 3. The number of hydrogen-bond acceptors (Lipinski definition) is 5. The van der Waals surface area contributed by atoms with E-state index in [0.717, 1.165) is 37.0 Å². The maximum atomic E-state index is 13.1. The van der Waals surface area contributed by atoms with Gasteiger partial charge < -0.3 is 24.3 Å². The van der Waals surface area contributed by atoms with Crippen molar-refractivity contribution in [3.05, 3.63) is 53.9 Å². The van der Waals surface area contributed by atoms with Gasteiger partial charge >= 0.3 is 0 Å². The van der Waals surface area contributed by atoms with Crippen molar-refractivity contribution < 1.29 is 19.1 Å². The van der Waals surface area contributed by atoms with Gasteiger partial charge in [-0.25, -0.2) is 4.98 Å². The average molecular weight is 451 g/mol. The lowest BCUT2D eigenvalue weighted by molar-refractivity contribution is -0.131. The van der Waals surface area contributed by atoms with Crippen LogP contribution in [0.5, 0.6) is 11.5 Å². The van der Waals surface area contributed by atoms with Crippen LogP contribution >= 0.6 is 0 Å². The lowest BCUT2D eigenvalue weighted by Gasteiger charge is -2.21. The molecule has 33 heavy (non-hydrogen) atoms. The fraction of sp³-hybridized carbons (Fsp3) is 0.400. The van der Waals surface area contributed by atoms with Crippen molar-refractivity contribution in [3.8, 4) is 11.5 Å². The molecule has 0 bridgehead atoms. The fourth-order valence-corrected chi connectivity index (χ4v) is 4.23. The predicted molar refractivity (Wildman–Crippen MR) is 125 cm³/mol. The number of aromatic nitrogens is 2. The number of benzene rings is 2. The second kappa shape index (κ2) is 10.4. The van der Waals surface area contributed by atoms with E-state index >= 15 is 0 Å². The Balaban J connectivity index is 1.53. The van der Waals surface area contributed by atoms with E-state index in [0.29, 0.717) is 22.9 Å². The molecule has 0 saturated carbocycles. The molecule has 1 aliphatic heterocycles. The van der Waals surface area contributed by atoms with Crippen LogP contribution in [0.3, 0.4) is 0 Å². The lowest BCUT2D eigenvalue weighted by atomic mass is 10.2. The van der Waals surface area contributed by atoms with Gasteiger partial charge in [-0.2, -0.15) is 0 Å². The molecule has 0 radical (unpaired) electrons. The molecule has 1 aliphatic rings. The number of likely N-dealkylation sites (tertiary alicyclic amines) is 1. The number of amides is 2. The quantitative estimate of drug-likeness (QED) is 0.596. The summed E-state index contributed by atoms with van der Waals surface area (Å²) in [6.45, 7) is 2.02. The van der Waals surface area contributed by atoms with Crippen LogP contribution in [0.15, 0.2) is 42.5 Å². The lowest BCUT2D eigenvalue weighted by Crippen LogP contribution is -2.35. The first-order chi connectivity index (χ1) is 16.1. The summed E-state index contributed by atoms with van der Waals surface area (Å²) < 4.78 is 12.4. The first kappa shape index (κ1) is 22.6. The Hall–Kier alpha value is -3.55. The minimum absolute atomic E-state index is 0.0903. The van der Waals surface area contributed by atoms with Gasteiger partial charge in [-0.1, -0.05) is 25.0 Å². The number of nitrogens with one attached hydrogen (secondary N) is 1. The Morgan fingerprint density at radius 1 is 0.970 bits per heavy atom. The van der Waals surface area contributed by atoms with Gasteiger partial charge in [0.25, 0.3) is 5.91 Å². The first-order valence-corrected chi connectivity index (χ1v) is 11.3. The van der Waals surface area contributed by atoms with Crippen LogP contribution in [0.2, 0.25) is 0 Å². The number of carbonyl (C=O) groups excluding carboxylic acids is 2. The molecule has 1 saturated heterocycles. The van der Waals surface area contributed by atoms with Gasteiger partial charge in [0.15, 0.2) is 11.5 Å². The number of hydrogen-bond donors (Lipinski definition) is 1. The average Bonchev–Trinajstić information content (AvgIpc) is 3.00. The monoisotopic (exact) mass is 450 g/mol. The molecule has 2 heterocycles. The summed E-state index contributed by atoms with van der Waals surface area (Å²) in [6.07, 6.45) is 4.44. The molecular weight excluding hydrogens is 420 g/mol. The summed E-state index contributed by atoms with van der Waals surface area (Å²) in [5.74, 6) is 1.53. The molecule has 0 aliphatic carbocycles. The molecule has 1 aromatic heterocycles. The number of methoxy groups -OCH3 is 2. The molecule has 0 spiro atoms. The van der Waals surface area contributed by atoms with E-state index in [4.69, 9.17) is 9.47 Å². The number of fused-ring (bicyclic) bond motifs is 1. The Bertz CT molecular complexity index is 1130. The molecule has 2 amide bonds. The van der Waals surface area contributed by atoms with Crippen LogP contribution in [-0.2, 0) is 17.9 Å². The molecule has 2 aromatic carbocycles. The predicted octanol–water partition coefficient (Wildman–Crippen LogP) is 3.39. The van der Waals surface area contributed by atoms with E-state index < -0.39 is 0 Å². The minimum Gasteiger partial charge on any atom is -0.493 e. The van der Waals surface area contributed by atoms with Crippen molar-refractivity contribution in [1.29, 1.82) is 0 Å². The van der Waals surface area contributed by atoms with Crippen molar-refractivity contribution in [2.45, 2.75) is 38.8 Å². The number of rotatable bonds is 7. The van der Waals surface area contributed by atoms with E-state index in [-0.39, 0.29) is 24.9 Å². The number of ether oxygens (including phenoxy) is 2. The molecular formula is C25H30N4O4. The molecule has 8 heteroatoms. The van der Waals surface area contributed by atoms with Gasteiger partial charge in [-0.3, -0.25) is 9.59 Å². The summed E-state index contributed by atoms with van der Waals surface area (Å²) in [5, 5.41) is 2.92. The number of imidazole rings is 1. The van der Waals surface area contributed by atoms with Crippen molar-refractivity contribution >= 4 is 22.8 Å². The molecule has 0 atom stereocenters. The van der Waals surface area contributed by atoms with Crippen molar-refractivity contribution in [2.75, 3.05) is 27.3 Å². The van der Waals surface area contributed by atoms with E-state index in [1.807, 2.05) is 33.7 Å². The Morgan fingerprint density at radius 3 is 2.42 bits per heavy atom. The van der Waals surface area contributed by atoms with Gasteiger partial charge in [0.1, 0.15) is 12.4 Å². The third kappa shape index (κ3) is 5.10. The fourth-order valence-electron chi connectivity index (χ4n) is 4.23. The van der Waals surface area contributed by atoms with E-state index in [1.165, 1.54) is 20.0 Å².